The van der Waals surface area contributed by atoms with Gasteiger partial charge in [-0.3, -0.25) is 0 Å². The smallest absolute Gasteiger partial charge is 0.357 e. The van der Waals surface area contributed by atoms with Crippen LogP contribution in [-0.4, -0.2) is 27.8 Å². The van der Waals surface area contributed by atoms with E-state index in [1.54, 1.807) is 24.9 Å². The lowest BCUT2D eigenvalue weighted by molar-refractivity contribution is 0.0518. The van der Waals surface area contributed by atoms with E-state index >= 15 is 0 Å². The molecule has 1 aromatic heterocycles. The highest BCUT2D eigenvalue weighted by molar-refractivity contribution is 7.99. The minimum Gasteiger partial charge on any atom is -0.461 e. The number of hydrogen-bond donors (Lipinski definition) is 0. The molecule has 0 aromatic carbocycles. The van der Waals surface area contributed by atoms with Gasteiger partial charge in [-0.05, 0) is 20.3 Å². The molecule has 1 atom stereocenters. The molecule has 0 aliphatic heterocycles. The number of rotatable bonds is 6. The molecule has 0 aliphatic carbocycles. The molecule has 18 heavy (non-hydrogen) atoms. The molecule has 1 aromatic rings. The molecule has 0 bridgehead atoms. The Labute approximate surface area is 113 Å². The van der Waals surface area contributed by atoms with Gasteiger partial charge in [0.25, 0.3) is 0 Å². The number of aryl methyl sites for hydroxylation is 1. The Kier molecular flexibility index (Phi) is 6.12. The summed E-state index contributed by atoms with van der Waals surface area (Å²) in [5.74, 6) is 1.04. The van der Waals surface area contributed by atoms with Crippen LogP contribution in [0.3, 0.4) is 0 Å². The predicted molar refractivity (Wildman–Crippen MR) is 73.8 cm³/mol. The van der Waals surface area contributed by atoms with E-state index in [0.29, 0.717) is 23.4 Å². The summed E-state index contributed by atoms with van der Waals surface area (Å²) in [6, 6.07) is 0. The van der Waals surface area contributed by atoms with Crippen molar-refractivity contribution in [3.63, 3.8) is 0 Å². The summed E-state index contributed by atoms with van der Waals surface area (Å²) in [4.78, 5) is 20.2. The molecular formula is C13H20N2O2S. The van der Waals surface area contributed by atoms with E-state index in [9.17, 15) is 4.79 Å². The van der Waals surface area contributed by atoms with Crippen molar-refractivity contribution in [3.05, 3.63) is 23.3 Å². The zero-order valence-electron chi connectivity index (χ0n) is 11.4. The summed E-state index contributed by atoms with van der Waals surface area (Å²) in [5, 5.41) is 0.570. The molecule has 1 heterocycles. The fourth-order valence-electron chi connectivity index (χ4n) is 1.29. The van der Waals surface area contributed by atoms with Gasteiger partial charge in [-0.2, -0.15) is 11.8 Å². The van der Waals surface area contributed by atoms with Gasteiger partial charge in [0.05, 0.1) is 12.4 Å². The van der Waals surface area contributed by atoms with Crippen molar-refractivity contribution in [2.75, 3.05) is 6.61 Å². The zero-order chi connectivity index (χ0) is 13.5. The predicted octanol–water partition coefficient (Wildman–Crippen LogP) is 2.99. The van der Waals surface area contributed by atoms with Crippen molar-refractivity contribution >= 4 is 17.7 Å². The molecule has 0 spiro atoms. The molecule has 5 heteroatoms. The number of aromatic nitrogens is 2. The Balaban J connectivity index is 2.77. The fraction of sp³-hybridized carbons (Fsp3) is 0.615. The molecule has 0 saturated heterocycles. The lowest BCUT2D eigenvalue weighted by Gasteiger charge is -2.09. The van der Waals surface area contributed by atoms with Crippen molar-refractivity contribution in [2.45, 2.75) is 45.1 Å². The maximum Gasteiger partial charge on any atom is 0.357 e. The zero-order valence-corrected chi connectivity index (χ0v) is 12.2. The molecule has 1 unspecified atom stereocenters. The summed E-state index contributed by atoms with van der Waals surface area (Å²) in [7, 11) is 0. The second kappa shape index (κ2) is 7.36. The van der Waals surface area contributed by atoms with Gasteiger partial charge >= 0.3 is 5.97 Å². The highest BCUT2D eigenvalue weighted by Gasteiger charge is 2.14. The van der Waals surface area contributed by atoms with Gasteiger partial charge in [-0.1, -0.05) is 13.8 Å². The lowest BCUT2D eigenvalue weighted by Crippen LogP contribution is -2.12. The molecule has 0 amide bonds. The first-order chi connectivity index (χ1) is 8.58. The first kappa shape index (κ1) is 15.0. The van der Waals surface area contributed by atoms with Crippen LogP contribution in [0, 0.1) is 6.92 Å². The minimum absolute atomic E-state index is 0.360. The molecule has 0 fully saturated rings. The number of thioether (sulfide) groups is 1. The van der Waals surface area contributed by atoms with Gasteiger partial charge in [0.1, 0.15) is 5.82 Å². The topological polar surface area (TPSA) is 52.1 Å². The van der Waals surface area contributed by atoms with Crippen LogP contribution in [0.15, 0.2) is 6.20 Å². The first-order valence-electron chi connectivity index (χ1n) is 6.19. The molecule has 0 N–H and O–H groups in total. The van der Waals surface area contributed by atoms with E-state index in [2.05, 4.69) is 23.8 Å². The number of nitrogens with zero attached hydrogens (tertiary/aromatic N) is 2. The summed E-state index contributed by atoms with van der Waals surface area (Å²) in [6.45, 7) is 8.29. The standard InChI is InChI=1S/C13H20N2O2S/c1-5-10(4)18-8-11-14-7-9(3)12(15-11)13(16)17-6-2/h7,10H,5-6,8H2,1-4H3. The van der Waals surface area contributed by atoms with Crippen LogP contribution in [0.2, 0.25) is 0 Å². The third-order valence-corrected chi connectivity index (χ3v) is 3.89. The average molecular weight is 268 g/mol. The largest absolute Gasteiger partial charge is 0.461 e. The molecule has 4 nitrogen and oxygen atoms in total. The van der Waals surface area contributed by atoms with Gasteiger partial charge in [0.2, 0.25) is 0 Å². The minimum atomic E-state index is -0.368. The molecule has 0 radical (unpaired) electrons. The fourth-order valence-corrected chi connectivity index (χ4v) is 2.10. The first-order valence-corrected chi connectivity index (χ1v) is 7.24. The Morgan fingerprint density at radius 1 is 1.50 bits per heavy atom. The van der Waals surface area contributed by atoms with Gasteiger partial charge < -0.3 is 4.74 Å². The van der Waals surface area contributed by atoms with Gasteiger partial charge in [0.15, 0.2) is 5.69 Å². The molecule has 1 rings (SSSR count). The van der Waals surface area contributed by atoms with E-state index in [4.69, 9.17) is 4.74 Å². The van der Waals surface area contributed by atoms with Crippen LogP contribution >= 0.6 is 11.8 Å². The number of carbonyl (C=O) groups excluding carboxylic acids is 1. The summed E-state index contributed by atoms with van der Waals surface area (Å²) < 4.78 is 4.97. The van der Waals surface area contributed by atoms with Crippen molar-refractivity contribution in [1.82, 2.24) is 9.97 Å². The van der Waals surface area contributed by atoms with Crippen LogP contribution in [0.1, 0.15) is 49.1 Å². The number of hydrogen-bond acceptors (Lipinski definition) is 5. The Bertz CT molecular complexity index is 410. The average Bonchev–Trinajstić information content (AvgIpc) is 2.37. The second-order valence-corrected chi connectivity index (χ2v) is 5.49. The van der Waals surface area contributed by atoms with Gasteiger partial charge in [0, 0.05) is 17.0 Å². The van der Waals surface area contributed by atoms with E-state index in [0.717, 1.165) is 17.7 Å². The normalized spacial score (nSPS) is 12.2. The van der Waals surface area contributed by atoms with Gasteiger partial charge in [-0.15, -0.1) is 0 Å². The number of carbonyl (C=O) groups is 1. The monoisotopic (exact) mass is 268 g/mol. The number of ether oxygens (including phenoxy) is 1. The van der Waals surface area contributed by atoms with Crippen LogP contribution in [-0.2, 0) is 10.5 Å². The van der Waals surface area contributed by atoms with E-state index in [1.165, 1.54) is 0 Å². The van der Waals surface area contributed by atoms with E-state index in [1.807, 2.05) is 6.92 Å². The summed E-state index contributed by atoms with van der Waals surface area (Å²) in [5.41, 5.74) is 1.14. The number of esters is 1. The quantitative estimate of drug-likeness (QED) is 0.742. The van der Waals surface area contributed by atoms with Crippen molar-refractivity contribution < 1.29 is 9.53 Å². The Morgan fingerprint density at radius 3 is 2.83 bits per heavy atom. The highest BCUT2D eigenvalue weighted by atomic mass is 32.2. The Hall–Kier alpha value is -1.10. The molecule has 0 saturated carbocycles. The second-order valence-electron chi connectivity index (χ2n) is 4.07. The van der Waals surface area contributed by atoms with Crippen LogP contribution in [0.5, 0.6) is 0 Å². The summed E-state index contributed by atoms with van der Waals surface area (Å²) in [6.07, 6.45) is 2.80. The maximum absolute atomic E-state index is 11.7. The van der Waals surface area contributed by atoms with Crippen molar-refractivity contribution in [3.8, 4) is 0 Å². The highest BCUT2D eigenvalue weighted by Crippen LogP contribution is 2.18. The molecular weight excluding hydrogens is 248 g/mol. The van der Waals surface area contributed by atoms with Crippen LogP contribution in [0.25, 0.3) is 0 Å². The SMILES string of the molecule is CCOC(=O)c1nc(CSC(C)CC)ncc1C. The molecule has 100 valence electrons. The molecule has 0 aliphatic rings. The van der Waals surface area contributed by atoms with E-state index < -0.39 is 0 Å². The van der Waals surface area contributed by atoms with Crippen molar-refractivity contribution in [2.24, 2.45) is 0 Å². The third kappa shape index (κ3) is 4.29. The van der Waals surface area contributed by atoms with Crippen LogP contribution in [0.4, 0.5) is 0 Å². The van der Waals surface area contributed by atoms with Crippen LogP contribution < -0.4 is 0 Å². The Morgan fingerprint density at radius 2 is 2.22 bits per heavy atom. The lowest BCUT2D eigenvalue weighted by atomic mass is 10.2. The van der Waals surface area contributed by atoms with Crippen molar-refractivity contribution in [1.29, 1.82) is 0 Å². The van der Waals surface area contributed by atoms with Gasteiger partial charge in [-0.25, -0.2) is 14.8 Å². The third-order valence-electron chi connectivity index (χ3n) is 2.56. The summed E-state index contributed by atoms with van der Waals surface area (Å²) >= 11 is 1.79. The maximum atomic E-state index is 11.7. The van der Waals surface area contributed by atoms with E-state index in [-0.39, 0.29) is 5.97 Å².